The fraction of sp³-hybridized carbons (Fsp3) is 0.111. The van der Waals surface area contributed by atoms with Crippen molar-refractivity contribution in [2.75, 3.05) is 11.9 Å². The minimum Gasteiger partial charge on any atom is -0.486 e. The molecule has 2 rings (SSSR count). The van der Waals surface area contributed by atoms with Crippen LogP contribution in [0.15, 0.2) is 48.6 Å². The number of anilines is 1. The third kappa shape index (κ3) is 5.39. The number of carbonyl (C=O) groups is 2. The van der Waals surface area contributed by atoms with Crippen LogP contribution in [0.5, 0.6) is 5.75 Å². The Kier molecular flexibility index (Phi) is 7.33. The second-order valence-corrected chi connectivity index (χ2v) is 6.26. The van der Waals surface area contributed by atoms with E-state index in [4.69, 9.17) is 39.5 Å². The summed E-state index contributed by atoms with van der Waals surface area (Å²) in [7, 11) is 0. The minimum absolute atomic E-state index is 0.188. The molecule has 0 spiro atoms. The summed E-state index contributed by atoms with van der Waals surface area (Å²) >= 11 is 18.2. The highest BCUT2D eigenvalue weighted by molar-refractivity contribution is 6.37. The Hall–Kier alpha value is -2.21. The first-order valence-corrected chi connectivity index (χ1v) is 8.65. The van der Waals surface area contributed by atoms with E-state index >= 15 is 0 Å². The Morgan fingerprint density at radius 2 is 1.73 bits per heavy atom. The van der Waals surface area contributed by atoms with Gasteiger partial charge in [-0.25, -0.2) is 4.79 Å². The van der Waals surface area contributed by atoms with Crippen LogP contribution in [-0.4, -0.2) is 18.5 Å². The lowest BCUT2D eigenvalue weighted by molar-refractivity contribution is 0.0967. The molecule has 0 saturated heterocycles. The normalized spacial score (nSPS) is 10.6. The van der Waals surface area contributed by atoms with E-state index in [1.54, 1.807) is 24.3 Å². The van der Waals surface area contributed by atoms with Crippen LogP contribution in [0.2, 0.25) is 15.1 Å². The van der Waals surface area contributed by atoms with E-state index in [9.17, 15) is 9.59 Å². The summed E-state index contributed by atoms with van der Waals surface area (Å²) in [6.07, 6.45) is 3.63. The summed E-state index contributed by atoms with van der Waals surface area (Å²) in [5, 5.41) is 5.37. The zero-order valence-electron chi connectivity index (χ0n) is 13.7. The van der Waals surface area contributed by atoms with Crippen molar-refractivity contribution in [3.8, 4) is 5.75 Å². The van der Waals surface area contributed by atoms with Gasteiger partial charge in [-0.1, -0.05) is 59.1 Å². The van der Waals surface area contributed by atoms with E-state index in [0.717, 1.165) is 0 Å². The summed E-state index contributed by atoms with van der Waals surface area (Å²) in [4.78, 5) is 24.1. The lowest BCUT2D eigenvalue weighted by Gasteiger charge is -2.12. The quantitative estimate of drug-likeness (QED) is 0.630. The first-order valence-electron chi connectivity index (χ1n) is 7.52. The van der Waals surface area contributed by atoms with Crippen LogP contribution in [0.25, 0.3) is 0 Å². The molecule has 2 N–H and O–H groups in total. The van der Waals surface area contributed by atoms with E-state index in [1.807, 2.05) is 13.0 Å². The maximum Gasteiger partial charge on any atom is 0.326 e. The molecule has 0 atom stereocenters. The molecule has 0 bridgehead atoms. The zero-order valence-corrected chi connectivity index (χ0v) is 16.0. The van der Waals surface area contributed by atoms with Gasteiger partial charge in [0.15, 0.2) is 5.75 Å². The van der Waals surface area contributed by atoms with Crippen LogP contribution in [0.1, 0.15) is 17.3 Å². The third-order valence-electron chi connectivity index (χ3n) is 3.16. The molecule has 3 amide bonds. The number of ether oxygens (including phenoxy) is 1. The van der Waals surface area contributed by atoms with E-state index in [0.29, 0.717) is 18.0 Å². The molecular formula is C18H15Cl3N2O3. The van der Waals surface area contributed by atoms with Gasteiger partial charge in [0.05, 0.1) is 20.6 Å². The number of hydrogen-bond acceptors (Lipinski definition) is 3. The van der Waals surface area contributed by atoms with Crippen LogP contribution < -0.4 is 15.4 Å². The lowest BCUT2D eigenvalue weighted by atomic mass is 10.2. The number of halogens is 3. The molecule has 0 aliphatic carbocycles. The second kappa shape index (κ2) is 9.48. The van der Waals surface area contributed by atoms with Crippen molar-refractivity contribution in [1.29, 1.82) is 0 Å². The first kappa shape index (κ1) is 20.1. The molecular weight excluding hydrogens is 399 g/mol. The van der Waals surface area contributed by atoms with Gasteiger partial charge in [0.25, 0.3) is 5.91 Å². The number of allylic oxidation sites excluding steroid dienone is 1. The van der Waals surface area contributed by atoms with Gasteiger partial charge in [0.1, 0.15) is 6.61 Å². The number of hydrogen-bond donors (Lipinski definition) is 2. The highest BCUT2D eigenvalue weighted by Crippen LogP contribution is 2.36. The number of benzene rings is 2. The topological polar surface area (TPSA) is 67.4 Å². The number of amides is 3. The predicted octanol–water partition coefficient (Wildman–Crippen LogP) is 5.56. The molecule has 2 aromatic rings. The lowest BCUT2D eigenvalue weighted by Crippen LogP contribution is -2.34. The Morgan fingerprint density at radius 3 is 2.35 bits per heavy atom. The van der Waals surface area contributed by atoms with Gasteiger partial charge in [-0.2, -0.15) is 0 Å². The minimum atomic E-state index is -0.746. The van der Waals surface area contributed by atoms with Crippen molar-refractivity contribution in [3.05, 3.63) is 69.2 Å². The Morgan fingerprint density at radius 1 is 1.08 bits per heavy atom. The molecule has 0 radical (unpaired) electrons. The van der Waals surface area contributed by atoms with Gasteiger partial charge in [0.2, 0.25) is 0 Å². The molecule has 26 heavy (non-hydrogen) atoms. The van der Waals surface area contributed by atoms with Crippen molar-refractivity contribution >= 4 is 52.4 Å². The number of imide groups is 1. The van der Waals surface area contributed by atoms with Crippen molar-refractivity contribution in [1.82, 2.24) is 5.32 Å². The van der Waals surface area contributed by atoms with Gasteiger partial charge < -0.3 is 10.1 Å². The average molecular weight is 414 g/mol. The van der Waals surface area contributed by atoms with E-state index < -0.39 is 11.9 Å². The summed E-state index contributed by atoms with van der Waals surface area (Å²) in [6, 6.07) is 8.59. The summed E-state index contributed by atoms with van der Waals surface area (Å²) < 4.78 is 5.46. The Labute approximate surface area is 165 Å². The molecule has 0 aliphatic heterocycles. The number of carbonyl (C=O) groups excluding carboxylic acids is 2. The fourth-order valence-electron chi connectivity index (χ4n) is 1.98. The van der Waals surface area contributed by atoms with Gasteiger partial charge in [-0.3, -0.25) is 10.1 Å². The Bertz CT molecular complexity index is 830. The van der Waals surface area contributed by atoms with E-state index in [2.05, 4.69) is 10.6 Å². The van der Waals surface area contributed by atoms with Gasteiger partial charge in [0, 0.05) is 5.69 Å². The SMILES string of the molecule is CC=CCOc1c(Cl)cc(NC(=O)NC(=O)c2ccccc2Cl)cc1Cl. The van der Waals surface area contributed by atoms with Crippen molar-refractivity contribution in [3.63, 3.8) is 0 Å². The predicted molar refractivity (Wildman–Crippen MR) is 105 cm³/mol. The van der Waals surface area contributed by atoms with Crippen LogP contribution in [-0.2, 0) is 0 Å². The van der Waals surface area contributed by atoms with E-state index in [1.165, 1.54) is 18.2 Å². The summed E-state index contributed by atoms with van der Waals surface area (Å²) in [6.45, 7) is 2.18. The largest absolute Gasteiger partial charge is 0.486 e. The van der Waals surface area contributed by atoms with E-state index in [-0.39, 0.29) is 20.6 Å². The summed E-state index contributed by atoms with van der Waals surface area (Å²) in [5.41, 5.74) is 0.496. The standard InChI is InChI=1S/C18H15Cl3N2O3/c1-2-3-8-26-16-14(20)9-11(10-15(16)21)22-18(25)23-17(24)12-6-4-5-7-13(12)19/h2-7,9-10H,8H2,1H3,(H2,22,23,24,25). The Balaban J connectivity index is 2.05. The average Bonchev–Trinajstić information content (AvgIpc) is 2.57. The molecule has 0 saturated carbocycles. The monoisotopic (exact) mass is 412 g/mol. The highest BCUT2D eigenvalue weighted by Gasteiger charge is 2.15. The summed E-state index contributed by atoms with van der Waals surface area (Å²) in [5.74, 6) is -0.318. The molecule has 0 fully saturated rings. The van der Waals surface area contributed by atoms with Crippen LogP contribution in [0, 0.1) is 0 Å². The molecule has 8 heteroatoms. The van der Waals surface area contributed by atoms with Crippen LogP contribution in [0.4, 0.5) is 10.5 Å². The number of nitrogens with one attached hydrogen (secondary N) is 2. The molecule has 0 aromatic heterocycles. The highest BCUT2D eigenvalue weighted by atomic mass is 35.5. The smallest absolute Gasteiger partial charge is 0.326 e. The molecule has 0 aliphatic rings. The molecule has 0 heterocycles. The van der Waals surface area contributed by atoms with Gasteiger partial charge >= 0.3 is 6.03 Å². The number of rotatable bonds is 5. The molecule has 5 nitrogen and oxygen atoms in total. The fourth-order valence-corrected chi connectivity index (χ4v) is 2.79. The van der Waals surface area contributed by atoms with Crippen LogP contribution in [0.3, 0.4) is 0 Å². The van der Waals surface area contributed by atoms with Crippen LogP contribution >= 0.6 is 34.8 Å². The van der Waals surface area contributed by atoms with Crippen molar-refractivity contribution < 1.29 is 14.3 Å². The maximum atomic E-state index is 12.1. The van der Waals surface area contributed by atoms with Gasteiger partial charge in [-0.05, 0) is 31.2 Å². The molecule has 0 unspecified atom stereocenters. The van der Waals surface area contributed by atoms with Gasteiger partial charge in [-0.15, -0.1) is 0 Å². The first-order chi connectivity index (χ1) is 12.4. The maximum absolute atomic E-state index is 12.1. The second-order valence-electron chi connectivity index (χ2n) is 5.04. The van der Waals surface area contributed by atoms with Crippen molar-refractivity contribution in [2.45, 2.75) is 6.92 Å². The zero-order chi connectivity index (χ0) is 19.1. The van der Waals surface area contributed by atoms with Crippen molar-refractivity contribution in [2.24, 2.45) is 0 Å². The molecule has 2 aromatic carbocycles. The number of urea groups is 1. The third-order valence-corrected chi connectivity index (χ3v) is 4.05. The molecule has 136 valence electrons.